The molecule has 1 saturated heterocycles. The lowest BCUT2D eigenvalue weighted by molar-refractivity contribution is 0.0621. The van der Waals surface area contributed by atoms with Crippen LogP contribution in [0.25, 0.3) is 5.52 Å². The lowest BCUT2D eigenvalue weighted by Gasteiger charge is -2.34. The van der Waals surface area contributed by atoms with Crippen LogP contribution in [0.1, 0.15) is 16.1 Å². The molecule has 0 atom stereocenters. The highest BCUT2D eigenvalue weighted by Crippen LogP contribution is 2.14. The van der Waals surface area contributed by atoms with Gasteiger partial charge in [-0.2, -0.15) is 5.10 Å². The van der Waals surface area contributed by atoms with Gasteiger partial charge in [-0.25, -0.2) is 8.91 Å². The summed E-state index contributed by atoms with van der Waals surface area (Å²) in [6.07, 6.45) is 1.83. The summed E-state index contributed by atoms with van der Waals surface area (Å²) >= 11 is 0. The Morgan fingerprint density at radius 2 is 1.80 bits per heavy atom. The van der Waals surface area contributed by atoms with Gasteiger partial charge >= 0.3 is 0 Å². The maximum atomic E-state index is 13.8. The van der Waals surface area contributed by atoms with Crippen molar-refractivity contribution in [3.05, 3.63) is 71.8 Å². The molecule has 0 bridgehead atoms. The summed E-state index contributed by atoms with van der Waals surface area (Å²) in [5.41, 5.74) is 2.07. The van der Waals surface area contributed by atoms with Gasteiger partial charge in [-0.1, -0.05) is 24.3 Å². The van der Waals surface area contributed by atoms with E-state index in [9.17, 15) is 9.18 Å². The Hall–Kier alpha value is -2.73. The Labute approximate surface area is 145 Å². The highest BCUT2D eigenvalue weighted by molar-refractivity contribution is 5.93. The van der Waals surface area contributed by atoms with Crippen molar-refractivity contribution >= 4 is 11.4 Å². The highest BCUT2D eigenvalue weighted by atomic mass is 19.1. The zero-order valence-corrected chi connectivity index (χ0v) is 13.8. The third kappa shape index (κ3) is 3.25. The van der Waals surface area contributed by atoms with Gasteiger partial charge in [0.05, 0.1) is 5.52 Å². The summed E-state index contributed by atoms with van der Waals surface area (Å²) in [4.78, 5) is 16.7. The second-order valence-electron chi connectivity index (χ2n) is 6.26. The molecule has 1 aliphatic rings. The van der Waals surface area contributed by atoms with Crippen LogP contribution in [0.4, 0.5) is 4.39 Å². The van der Waals surface area contributed by atoms with Crippen molar-refractivity contribution in [2.24, 2.45) is 0 Å². The molecule has 6 heteroatoms. The number of aromatic nitrogens is 2. The number of rotatable bonds is 3. The van der Waals surface area contributed by atoms with E-state index in [1.807, 2.05) is 47.5 Å². The number of piperazine rings is 1. The average Bonchev–Trinajstić information content (AvgIpc) is 3.08. The number of carbonyl (C=O) groups is 1. The number of carbonyl (C=O) groups excluding carboxylic acids is 1. The van der Waals surface area contributed by atoms with Crippen LogP contribution in [0.2, 0.25) is 0 Å². The highest BCUT2D eigenvalue weighted by Gasteiger charge is 2.24. The van der Waals surface area contributed by atoms with Gasteiger partial charge in [0, 0.05) is 44.5 Å². The smallest absolute Gasteiger partial charge is 0.274 e. The van der Waals surface area contributed by atoms with Crippen LogP contribution in [-0.2, 0) is 6.54 Å². The standard InChI is InChI=1S/C19H19FN4O/c20-17-7-2-1-5-15(17)14-22-9-11-23(12-10-22)19(25)18-13-16-6-3-4-8-24(16)21-18/h1-8,13H,9-12,14H2. The minimum atomic E-state index is -0.175. The SMILES string of the molecule is O=C(c1cc2ccccn2n1)N1CCN(Cc2ccccc2F)CC1. The monoisotopic (exact) mass is 338 g/mol. The lowest BCUT2D eigenvalue weighted by Crippen LogP contribution is -2.48. The topological polar surface area (TPSA) is 40.9 Å². The van der Waals surface area contributed by atoms with Crippen molar-refractivity contribution in [2.75, 3.05) is 26.2 Å². The molecule has 0 saturated carbocycles. The van der Waals surface area contributed by atoms with Crippen LogP contribution in [0.3, 0.4) is 0 Å². The van der Waals surface area contributed by atoms with E-state index in [1.54, 1.807) is 10.6 Å². The van der Waals surface area contributed by atoms with Crippen LogP contribution in [-0.4, -0.2) is 51.5 Å². The van der Waals surface area contributed by atoms with Crippen LogP contribution >= 0.6 is 0 Å². The number of hydrogen-bond acceptors (Lipinski definition) is 3. The summed E-state index contributed by atoms with van der Waals surface area (Å²) < 4.78 is 15.5. The fourth-order valence-electron chi connectivity index (χ4n) is 3.18. The number of nitrogens with zero attached hydrogens (tertiary/aromatic N) is 4. The molecule has 2 aromatic heterocycles. The Bertz CT molecular complexity index is 866. The molecule has 4 rings (SSSR count). The zero-order chi connectivity index (χ0) is 17.2. The first-order valence-corrected chi connectivity index (χ1v) is 8.40. The number of hydrogen-bond donors (Lipinski definition) is 0. The van der Waals surface area contributed by atoms with E-state index in [2.05, 4.69) is 10.00 Å². The largest absolute Gasteiger partial charge is 0.335 e. The molecule has 3 aromatic rings. The minimum absolute atomic E-state index is 0.0470. The van der Waals surface area contributed by atoms with Crippen molar-refractivity contribution in [3.8, 4) is 0 Å². The number of halogens is 1. The summed E-state index contributed by atoms with van der Waals surface area (Å²) in [6.45, 7) is 3.28. The average molecular weight is 338 g/mol. The summed E-state index contributed by atoms with van der Waals surface area (Å²) in [5, 5.41) is 4.35. The first-order chi connectivity index (χ1) is 12.2. The third-order valence-electron chi connectivity index (χ3n) is 4.60. The molecule has 25 heavy (non-hydrogen) atoms. The third-order valence-corrected chi connectivity index (χ3v) is 4.60. The Kier molecular flexibility index (Phi) is 4.19. The molecule has 1 aromatic carbocycles. The Balaban J connectivity index is 1.39. The quantitative estimate of drug-likeness (QED) is 0.736. The van der Waals surface area contributed by atoms with Gasteiger partial charge in [0.25, 0.3) is 5.91 Å². The van der Waals surface area contributed by atoms with Gasteiger partial charge in [0.1, 0.15) is 5.82 Å². The van der Waals surface area contributed by atoms with Crippen molar-refractivity contribution in [1.82, 2.24) is 19.4 Å². The molecule has 0 N–H and O–H groups in total. The van der Waals surface area contributed by atoms with Gasteiger partial charge in [0.15, 0.2) is 5.69 Å². The van der Waals surface area contributed by atoms with Gasteiger partial charge < -0.3 is 4.90 Å². The number of fused-ring (bicyclic) bond motifs is 1. The minimum Gasteiger partial charge on any atom is -0.335 e. The molecule has 1 fully saturated rings. The second kappa shape index (κ2) is 6.64. The fraction of sp³-hybridized carbons (Fsp3) is 0.263. The van der Waals surface area contributed by atoms with Gasteiger partial charge in [-0.15, -0.1) is 0 Å². The van der Waals surface area contributed by atoms with Crippen molar-refractivity contribution < 1.29 is 9.18 Å². The molecular weight excluding hydrogens is 319 g/mol. The van der Waals surface area contributed by atoms with E-state index in [0.29, 0.717) is 30.9 Å². The molecule has 0 unspecified atom stereocenters. The number of benzene rings is 1. The van der Waals surface area contributed by atoms with Crippen molar-refractivity contribution in [1.29, 1.82) is 0 Å². The molecule has 3 heterocycles. The summed E-state index contributed by atoms with van der Waals surface area (Å²) in [7, 11) is 0. The Morgan fingerprint density at radius 3 is 2.56 bits per heavy atom. The number of amides is 1. The molecule has 5 nitrogen and oxygen atoms in total. The lowest BCUT2D eigenvalue weighted by atomic mass is 10.2. The molecule has 128 valence electrons. The van der Waals surface area contributed by atoms with E-state index in [0.717, 1.165) is 18.6 Å². The summed E-state index contributed by atoms with van der Waals surface area (Å²) in [5.74, 6) is -0.222. The molecule has 0 spiro atoms. The van der Waals surface area contributed by atoms with Crippen LogP contribution < -0.4 is 0 Å². The molecule has 1 amide bonds. The van der Waals surface area contributed by atoms with E-state index in [-0.39, 0.29) is 11.7 Å². The normalized spacial score (nSPS) is 15.6. The molecular formula is C19H19FN4O. The maximum absolute atomic E-state index is 13.8. The van der Waals surface area contributed by atoms with Crippen molar-refractivity contribution in [3.63, 3.8) is 0 Å². The molecule has 0 radical (unpaired) electrons. The first-order valence-electron chi connectivity index (χ1n) is 8.40. The zero-order valence-electron chi connectivity index (χ0n) is 13.8. The molecule has 1 aliphatic heterocycles. The number of pyridine rings is 1. The van der Waals surface area contributed by atoms with Gasteiger partial charge in [-0.05, 0) is 24.3 Å². The molecule has 0 aliphatic carbocycles. The maximum Gasteiger partial charge on any atom is 0.274 e. The Morgan fingerprint density at radius 1 is 1.04 bits per heavy atom. The first kappa shape index (κ1) is 15.8. The fourth-order valence-corrected chi connectivity index (χ4v) is 3.18. The van der Waals surface area contributed by atoms with Crippen LogP contribution in [0.15, 0.2) is 54.7 Å². The van der Waals surface area contributed by atoms with Crippen LogP contribution in [0.5, 0.6) is 0 Å². The predicted molar refractivity (Wildman–Crippen MR) is 92.8 cm³/mol. The van der Waals surface area contributed by atoms with E-state index < -0.39 is 0 Å². The summed E-state index contributed by atoms with van der Waals surface area (Å²) in [6, 6.07) is 14.4. The van der Waals surface area contributed by atoms with E-state index in [4.69, 9.17) is 0 Å². The van der Waals surface area contributed by atoms with Gasteiger partial charge in [-0.3, -0.25) is 9.69 Å². The van der Waals surface area contributed by atoms with E-state index in [1.165, 1.54) is 6.07 Å². The van der Waals surface area contributed by atoms with Gasteiger partial charge in [0.2, 0.25) is 0 Å². The van der Waals surface area contributed by atoms with E-state index >= 15 is 0 Å². The van der Waals surface area contributed by atoms with Crippen molar-refractivity contribution in [2.45, 2.75) is 6.54 Å². The van der Waals surface area contributed by atoms with Crippen LogP contribution in [0, 0.1) is 5.82 Å². The predicted octanol–water partition coefficient (Wildman–Crippen LogP) is 2.43. The second-order valence-corrected chi connectivity index (χ2v) is 6.26.